The van der Waals surface area contributed by atoms with Gasteiger partial charge in [-0.05, 0) is 0 Å². The molecule has 0 bridgehead atoms. The van der Waals surface area contributed by atoms with E-state index in [1.165, 1.54) is 0 Å². The standard InChI is InChI=1S/C8H7F8NO4/c9-4(10)6(11,12)8(15,16)7(13,14)5(21)17-2(1-18)3(19)20/h2,4,18H,1H2,(H,17,21)(H,19,20)/t2-/m0/s1. The number of carbonyl (C=O) groups is 2. The molecule has 1 amide bonds. The fourth-order valence-electron chi connectivity index (χ4n) is 0.923. The summed E-state index contributed by atoms with van der Waals surface area (Å²) in [5, 5.41) is 17.3. The highest BCUT2D eigenvalue weighted by Crippen LogP contribution is 2.48. The van der Waals surface area contributed by atoms with E-state index in [1.807, 2.05) is 0 Å². The van der Waals surface area contributed by atoms with E-state index >= 15 is 0 Å². The Morgan fingerprint density at radius 3 is 1.76 bits per heavy atom. The minimum absolute atomic E-state index is 0.627. The quantitative estimate of drug-likeness (QED) is 0.599. The van der Waals surface area contributed by atoms with Crippen LogP contribution in [0.2, 0.25) is 0 Å². The van der Waals surface area contributed by atoms with Gasteiger partial charge in [-0.1, -0.05) is 0 Å². The number of nitrogens with one attached hydrogen (secondary N) is 1. The summed E-state index contributed by atoms with van der Waals surface area (Å²) in [6.45, 7) is -1.53. The summed E-state index contributed by atoms with van der Waals surface area (Å²) in [4.78, 5) is 21.0. The van der Waals surface area contributed by atoms with Crippen molar-refractivity contribution in [2.45, 2.75) is 30.2 Å². The summed E-state index contributed by atoms with van der Waals surface area (Å²) in [6.07, 6.45) is -5.21. The van der Waals surface area contributed by atoms with Crippen LogP contribution < -0.4 is 5.32 Å². The molecule has 124 valence electrons. The normalized spacial score (nSPS) is 15.0. The molecule has 13 heteroatoms. The topological polar surface area (TPSA) is 86.6 Å². The van der Waals surface area contributed by atoms with Crippen LogP contribution in [0.3, 0.4) is 0 Å². The van der Waals surface area contributed by atoms with Gasteiger partial charge < -0.3 is 15.5 Å². The highest BCUT2D eigenvalue weighted by Gasteiger charge is 2.78. The van der Waals surface area contributed by atoms with Crippen LogP contribution >= 0.6 is 0 Å². The van der Waals surface area contributed by atoms with Crippen molar-refractivity contribution in [3.05, 3.63) is 0 Å². The zero-order valence-electron chi connectivity index (χ0n) is 9.60. The van der Waals surface area contributed by atoms with Gasteiger partial charge in [0.1, 0.15) is 0 Å². The van der Waals surface area contributed by atoms with Crippen molar-refractivity contribution in [3.63, 3.8) is 0 Å². The lowest BCUT2D eigenvalue weighted by Crippen LogP contribution is -2.64. The molecule has 0 unspecified atom stereocenters. The molecule has 0 saturated heterocycles. The van der Waals surface area contributed by atoms with Crippen LogP contribution in [0.5, 0.6) is 0 Å². The van der Waals surface area contributed by atoms with Gasteiger partial charge in [-0.3, -0.25) is 4.79 Å². The lowest BCUT2D eigenvalue weighted by Gasteiger charge is -2.31. The maximum absolute atomic E-state index is 13.0. The third-order valence-corrected chi connectivity index (χ3v) is 2.16. The number of hydrogen-bond acceptors (Lipinski definition) is 3. The average Bonchev–Trinajstić information content (AvgIpc) is 2.34. The maximum Gasteiger partial charge on any atom is 0.392 e. The molecular weight excluding hydrogens is 326 g/mol. The first kappa shape index (κ1) is 19.3. The molecule has 0 aliphatic carbocycles. The molecule has 0 spiro atoms. The summed E-state index contributed by atoms with van der Waals surface area (Å²) in [7, 11) is 0. The van der Waals surface area contributed by atoms with E-state index in [0.29, 0.717) is 5.32 Å². The van der Waals surface area contributed by atoms with Crippen LogP contribution in [0.25, 0.3) is 0 Å². The molecule has 0 radical (unpaired) electrons. The highest BCUT2D eigenvalue weighted by molar-refractivity contribution is 5.89. The Balaban J connectivity index is 5.45. The predicted molar refractivity (Wildman–Crippen MR) is 47.5 cm³/mol. The molecular formula is C8H7F8NO4. The van der Waals surface area contributed by atoms with Crippen LogP contribution in [0, 0.1) is 0 Å². The van der Waals surface area contributed by atoms with Crippen molar-refractivity contribution >= 4 is 11.9 Å². The number of carbonyl (C=O) groups excluding carboxylic acids is 1. The van der Waals surface area contributed by atoms with Gasteiger partial charge in [-0.15, -0.1) is 0 Å². The van der Waals surface area contributed by atoms with E-state index < -0.39 is 48.7 Å². The molecule has 0 fully saturated rings. The first-order chi connectivity index (χ1) is 9.23. The van der Waals surface area contributed by atoms with E-state index in [0.717, 1.165) is 0 Å². The van der Waals surface area contributed by atoms with Crippen LogP contribution in [0.4, 0.5) is 35.1 Å². The Bertz CT molecular complexity index is 413. The highest BCUT2D eigenvalue weighted by atomic mass is 19.4. The van der Waals surface area contributed by atoms with Crippen molar-refractivity contribution in [1.82, 2.24) is 5.32 Å². The molecule has 0 rings (SSSR count). The monoisotopic (exact) mass is 333 g/mol. The second kappa shape index (κ2) is 5.99. The van der Waals surface area contributed by atoms with Gasteiger partial charge in [-0.25, -0.2) is 13.6 Å². The van der Waals surface area contributed by atoms with Crippen LogP contribution in [0.15, 0.2) is 0 Å². The van der Waals surface area contributed by atoms with Crippen molar-refractivity contribution in [3.8, 4) is 0 Å². The van der Waals surface area contributed by atoms with E-state index in [2.05, 4.69) is 0 Å². The lowest BCUT2D eigenvalue weighted by atomic mass is 10.0. The summed E-state index contributed by atoms with van der Waals surface area (Å²) in [5.41, 5.74) is 0. The Labute approximate surface area is 110 Å². The van der Waals surface area contributed by atoms with Crippen LogP contribution in [0.1, 0.15) is 0 Å². The Morgan fingerprint density at radius 2 is 1.48 bits per heavy atom. The van der Waals surface area contributed by atoms with Gasteiger partial charge >= 0.3 is 30.2 Å². The number of aliphatic hydroxyl groups excluding tert-OH is 1. The number of aliphatic hydroxyl groups is 1. The smallest absolute Gasteiger partial charge is 0.392 e. The summed E-state index contributed by atoms with van der Waals surface area (Å²) in [5.74, 6) is -25.1. The number of hydrogen-bond donors (Lipinski definition) is 3. The Kier molecular flexibility index (Phi) is 5.52. The molecule has 0 aromatic carbocycles. The number of aliphatic carboxylic acids is 1. The van der Waals surface area contributed by atoms with Gasteiger partial charge in [0, 0.05) is 0 Å². The maximum atomic E-state index is 13.0. The number of carboxylic acids is 1. The van der Waals surface area contributed by atoms with Gasteiger partial charge in [0.05, 0.1) is 6.61 Å². The molecule has 21 heavy (non-hydrogen) atoms. The van der Waals surface area contributed by atoms with Crippen molar-refractivity contribution < 1.29 is 54.9 Å². The Morgan fingerprint density at radius 1 is 1.05 bits per heavy atom. The summed E-state index contributed by atoms with van der Waals surface area (Å²) >= 11 is 0. The minimum atomic E-state index is -6.79. The van der Waals surface area contributed by atoms with Gasteiger partial charge in [0.15, 0.2) is 6.04 Å². The van der Waals surface area contributed by atoms with Crippen molar-refractivity contribution in [2.24, 2.45) is 0 Å². The molecule has 3 N–H and O–H groups in total. The SMILES string of the molecule is O=C(O)[C@H](CO)NC(=O)C(F)(F)C(F)(F)C(F)(F)C(F)F. The van der Waals surface area contributed by atoms with Crippen molar-refractivity contribution in [2.75, 3.05) is 6.61 Å². The predicted octanol–water partition coefficient (Wildman–Crippen LogP) is 0.719. The molecule has 0 aromatic heterocycles. The van der Waals surface area contributed by atoms with Crippen LogP contribution in [-0.4, -0.2) is 58.9 Å². The van der Waals surface area contributed by atoms with E-state index in [1.54, 1.807) is 0 Å². The first-order valence-corrected chi connectivity index (χ1v) is 4.79. The Hall–Kier alpha value is -1.66. The van der Waals surface area contributed by atoms with E-state index in [4.69, 9.17) is 10.2 Å². The fourth-order valence-corrected chi connectivity index (χ4v) is 0.923. The molecule has 0 aliphatic rings. The van der Waals surface area contributed by atoms with Gasteiger partial charge in [0.25, 0.3) is 5.91 Å². The van der Waals surface area contributed by atoms with Gasteiger partial charge in [0.2, 0.25) is 0 Å². The summed E-state index contributed by atoms with van der Waals surface area (Å²) < 4.78 is 99.8. The minimum Gasteiger partial charge on any atom is -0.480 e. The molecule has 0 aliphatic heterocycles. The molecule has 0 heterocycles. The van der Waals surface area contributed by atoms with Crippen molar-refractivity contribution in [1.29, 1.82) is 0 Å². The number of carboxylic acid groups (broad SMARTS) is 1. The number of rotatable bonds is 7. The second-order valence-electron chi connectivity index (χ2n) is 3.62. The van der Waals surface area contributed by atoms with E-state index in [-0.39, 0.29) is 0 Å². The second-order valence-corrected chi connectivity index (χ2v) is 3.62. The average molecular weight is 333 g/mol. The fraction of sp³-hybridized carbons (Fsp3) is 0.750. The number of amides is 1. The number of halogens is 8. The largest absolute Gasteiger partial charge is 0.480 e. The molecule has 5 nitrogen and oxygen atoms in total. The lowest BCUT2D eigenvalue weighted by molar-refractivity contribution is -0.327. The number of alkyl halides is 8. The van der Waals surface area contributed by atoms with Crippen LogP contribution in [-0.2, 0) is 9.59 Å². The van der Waals surface area contributed by atoms with E-state index in [9.17, 15) is 44.7 Å². The zero-order valence-corrected chi connectivity index (χ0v) is 9.60. The third-order valence-electron chi connectivity index (χ3n) is 2.16. The zero-order chi connectivity index (χ0) is 17.2. The molecule has 0 aromatic rings. The third kappa shape index (κ3) is 3.33. The first-order valence-electron chi connectivity index (χ1n) is 4.79. The summed E-state index contributed by atoms with van der Waals surface area (Å²) in [6, 6.07) is -2.51. The molecule has 1 atom stereocenters. The molecule has 0 saturated carbocycles. The van der Waals surface area contributed by atoms with Gasteiger partial charge in [-0.2, -0.15) is 26.3 Å².